The van der Waals surface area contributed by atoms with E-state index in [1.807, 2.05) is 0 Å². The predicted octanol–water partition coefficient (Wildman–Crippen LogP) is 1.85. The molecule has 0 spiro atoms. The van der Waals surface area contributed by atoms with Crippen LogP contribution in [0.3, 0.4) is 0 Å². The molecule has 0 aromatic rings. The van der Waals surface area contributed by atoms with Gasteiger partial charge in [-0.25, -0.2) is 0 Å². The zero-order valence-electron chi connectivity index (χ0n) is 4.93. The molecule has 8 heavy (non-hydrogen) atoms. The van der Waals surface area contributed by atoms with Crippen molar-refractivity contribution in [3.8, 4) is 0 Å². The molecule has 0 aliphatic heterocycles. The standard InChI is InChI=1S/C7H9B/c8-6-5-7-3-1-2-4-7/h1,3-4H,2,5-6H2. The highest BCUT2D eigenvalue weighted by Gasteiger charge is 1.92. The van der Waals surface area contributed by atoms with Crippen molar-refractivity contribution in [3.05, 3.63) is 23.8 Å². The molecule has 1 aliphatic rings. The molecule has 0 aromatic carbocycles. The van der Waals surface area contributed by atoms with Crippen molar-refractivity contribution in [2.45, 2.75) is 19.2 Å². The van der Waals surface area contributed by atoms with E-state index in [-0.39, 0.29) is 0 Å². The fourth-order valence-corrected chi connectivity index (χ4v) is 0.859. The molecule has 1 heteroatoms. The van der Waals surface area contributed by atoms with E-state index in [0.29, 0.717) is 0 Å². The van der Waals surface area contributed by atoms with Gasteiger partial charge in [0.25, 0.3) is 0 Å². The molecular formula is C7H9B. The second-order valence-electron chi connectivity index (χ2n) is 1.96. The van der Waals surface area contributed by atoms with Crippen LogP contribution in [0.4, 0.5) is 0 Å². The van der Waals surface area contributed by atoms with Crippen molar-refractivity contribution in [2.24, 2.45) is 0 Å². The molecule has 0 fully saturated rings. The average molecular weight is 104 g/mol. The zero-order valence-corrected chi connectivity index (χ0v) is 4.93. The Balaban J connectivity index is 2.34. The molecular weight excluding hydrogens is 94.9 g/mol. The average Bonchev–Trinajstić information content (AvgIpc) is 2.19. The number of hydrogen-bond donors (Lipinski definition) is 0. The van der Waals surface area contributed by atoms with Crippen molar-refractivity contribution in [3.63, 3.8) is 0 Å². The van der Waals surface area contributed by atoms with Gasteiger partial charge >= 0.3 is 0 Å². The highest BCUT2D eigenvalue weighted by molar-refractivity contribution is 6.08. The molecule has 0 atom stereocenters. The monoisotopic (exact) mass is 104 g/mol. The Labute approximate surface area is 51.7 Å². The lowest BCUT2D eigenvalue weighted by atomic mass is 9.98. The minimum Gasteiger partial charge on any atom is -0.0847 e. The minimum absolute atomic E-state index is 0.774. The number of rotatable bonds is 2. The van der Waals surface area contributed by atoms with E-state index in [0.717, 1.165) is 19.2 Å². The molecule has 0 heterocycles. The quantitative estimate of drug-likeness (QED) is 0.469. The molecule has 0 aromatic heterocycles. The SMILES string of the molecule is [B]CCC1=CCC=C1. The van der Waals surface area contributed by atoms with Crippen LogP contribution >= 0.6 is 0 Å². The van der Waals surface area contributed by atoms with Gasteiger partial charge in [0.15, 0.2) is 0 Å². The van der Waals surface area contributed by atoms with Crippen LogP contribution in [0.1, 0.15) is 12.8 Å². The maximum Gasteiger partial charge on any atom is 0.0657 e. The van der Waals surface area contributed by atoms with Crippen molar-refractivity contribution >= 4 is 7.85 Å². The second kappa shape index (κ2) is 2.76. The Hall–Kier alpha value is -0.455. The lowest BCUT2D eigenvalue weighted by Gasteiger charge is -1.90. The number of allylic oxidation sites excluding steroid dienone is 4. The first-order chi connectivity index (χ1) is 3.93. The second-order valence-corrected chi connectivity index (χ2v) is 1.96. The van der Waals surface area contributed by atoms with Crippen LogP contribution in [0.2, 0.25) is 6.32 Å². The Kier molecular flexibility index (Phi) is 1.96. The van der Waals surface area contributed by atoms with Gasteiger partial charge < -0.3 is 0 Å². The Morgan fingerprint density at radius 3 is 3.00 bits per heavy atom. The van der Waals surface area contributed by atoms with E-state index in [4.69, 9.17) is 7.85 Å². The molecule has 1 rings (SSSR count). The third-order valence-corrected chi connectivity index (χ3v) is 1.28. The van der Waals surface area contributed by atoms with E-state index in [1.165, 1.54) is 5.57 Å². The summed E-state index contributed by atoms with van der Waals surface area (Å²) in [4.78, 5) is 0. The van der Waals surface area contributed by atoms with E-state index >= 15 is 0 Å². The fraction of sp³-hybridized carbons (Fsp3) is 0.429. The lowest BCUT2D eigenvalue weighted by molar-refractivity contribution is 1.14. The van der Waals surface area contributed by atoms with Gasteiger partial charge in [0, 0.05) is 0 Å². The van der Waals surface area contributed by atoms with E-state index in [9.17, 15) is 0 Å². The third-order valence-electron chi connectivity index (χ3n) is 1.28. The van der Waals surface area contributed by atoms with Crippen LogP contribution in [-0.2, 0) is 0 Å². The summed E-state index contributed by atoms with van der Waals surface area (Å²) >= 11 is 0. The number of hydrogen-bond acceptors (Lipinski definition) is 0. The van der Waals surface area contributed by atoms with Crippen molar-refractivity contribution in [2.75, 3.05) is 0 Å². The van der Waals surface area contributed by atoms with Gasteiger partial charge in [-0.2, -0.15) is 0 Å². The first-order valence-electron chi connectivity index (χ1n) is 2.99. The first-order valence-corrected chi connectivity index (χ1v) is 2.99. The Morgan fingerprint density at radius 1 is 1.62 bits per heavy atom. The maximum absolute atomic E-state index is 5.33. The lowest BCUT2D eigenvalue weighted by Crippen LogP contribution is -1.72. The summed E-state index contributed by atoms with van der Waals surface area (Å²) in [7, 11) is 5.33. The van der Waals surface area contributed by atoms with Crippen molar-refractivity contribution in [1.82, 2.24) is 0 Å². The summed E-state index contributed by atoms with van der Waals surface area (Å²) in [6.07, 6.45) is 9.44. The van der Waals surface area contributed by atoms with Crippen LogP contribution in [0, 0.1) is 0 Å². The van der Waals surface area contributed by atoms with Gasteiger partial charge in [-0.15, -0.1) is 0 Å². The van der Waals surface area contributed by atoms with Crippen molar-refractivity contribution in [1.29, 1.82) is 0 Å². The molecule has 1 aliphatic carbocycles. The summed E-state index contributed by atoms with van der Waals surface area (Å²) in [6.45, 7) is 0. The molecule has 2 radical (unpaired) electrons. The van der Waals surface area contributed by atoms with Crippen LogP contribution in [0.15, 0.2) is 23.8 Å². The van der Waals surface area contributed by atoms with Gasteiger partial charge in [0.2, 0.25) is 0 Å². The molecule has 0 bridgehead atoms. The van der Waals surface area contributed by atoms with E-state index in [1.54, 1.807) is 0 Å². The van der Waals surface area contributed by atoms with Crippen LogP contribution < -0.4 is 0 Å². The molecule has 40 valence electrons. The predicted molar refractivity (Wildman–Crippen MR) is 37.0 cm³/mol. The van der Waals surface area contributed by atoms with Gasteiger partial charge in [-0.05, 0) is 12.8 Å². The van der Waals surface area contributed by atoms with Crippen LogP contribution in [0.5, 0.6) is 0 Å². The van der Waals surface area contributed by atoms with Crippen molar-refractivity contribution < 1.29 is 0 Å². The Bertz CT molecular complexity index is 122. The molecule has 0 saturated heterocycles. The van der Waals surface area contributed by atoms with Gasteiger partial charge in [0.1, 0.15) is 0 Å². The van der Waals surface area contributed by atoms with Crippen LogP contribution in [0.25, 0.3) is 0 Å². The smallest absolute Gasteiger partial charge is 0.0657 e. The molecule has 0 saturated carbocycles. The molecule has 0 N–H and O–H groups in total. The van der Waals surface area contributed by atoms with Gasteiger partial charge in [-0.1, -0.05) is 30.1 Å². The van der Waals surface area contributed by atoms with Gasteiger partial charge in [-0.3, -0.25) is 0 Å². The van der Waals surface area contributed by atoms with E-state index in [2.05, 4.69) is 18.2 Å². The molecule has 0 unspecified atom stereocenters. The van der Waals surface area contributed by atoms with E-state index < -0.39 is 0 Å². The maximum atomic E-state index is 5.33. The third kappa shape index (κ3) is 1.26. The Morgan fingerprint density at radius 2 is 2.50 bits per heavy atom. The highest BCUT2D eigenvalue weighted by atomic mass is 14.0. The normalized spacial score (nSPS) is 16.8. The summed E-state index contributed by atoms with van der Waals surface area (Å²) in [6, 6.07) is 0. The summed E-state index contributed by atoms with van der Waals surface area (Å²) in [5.74, 6) is 0. The summed E-state index contributed by atoms with van der Waals surface area (Å²) in [5.41, 5.74) is 1.40. The molecule has 0 amide bonds. The van der Waals surface area contributed by atoms with Crippen LogP contribution in [-0.4, -0.2) is 7.85 Å². The largest absolute Gasteiger partial charge is 0.0847 e. The van der Waals surface area contributed by atoms with Gasteiger partial charge in [0.05, 0.1) is 7.85 Å². The summed E-state index contributed by atoms with van der Waals surface area (Å²) < 4.78 is 0. The fourth-order valence-electron chi connectivity index (χ4n) is 0.859. The topological polar surface area (TPSA) is 0 Å². The molecule has 0 nitrogen and oxygen atoms in total. The highest BCUT2D eigenvalue weighted by Crippen LogP contribution is 2.13. The first kappa shape index (κ1) is 5.68. The zero-order chi connectivity index (χ0) is 5.82. The summed E-state index contributed by atoms with van der Waals surface area (Å²) in [5, 5.41) is 0. The minimum atomic E-state index is 0.774.